The number of benzene rings is 1. The van der Waals surface area contributed by atoms with E-state index >= 15 is 0 Å². The van der Waals surface area contributed by atoms with E-state index < -0.39 is 34.0 Å². The number of rotatable bonds is 6. The molecule has 2 rings (SSSR count). The highest BCUT2D eigenvalue weighted by atomic mass is 32.2. The standard InChI is InChI=1S/C15H15F7N2OS2/c16-13(17,14(18,19)20)15(21,22)27-11-5-3-9(4-6-11)24-12(26)23-8-10-2-1-7-25-10/h3-6,10H,1-2,7-8H2,(H2,23,24,26)/t10-/m1/s1. The molecule has 0 bridgehead atoms. The average molecular weight is 436 g/mol. The Labute approximate surface area is 160 Å². The third-order valence-corrected chi connectivity index (χ3v) is 4.86. The molecule has 0 spiro atoms. The van der Waals surface area contributed by atoms with Gasteiger partial charge in [-0.25, -0.2) is 0 Å². The van der Waals surface area contributed by atoms with Crippen molar-refractivity contribution in [1.82, 2.24) is 5.32 Å². The van der Waals surface area contributed by atoms with E-state index in [1.165, 1.54) is 12.1 Å². The second-order valence-corrected chi connectivity index (χ2v) is 7.28. The van der Waals surface area contributed by atoms with E-state index in [0.717, 1.165) is 25.0 Å². The fraction of sp³-hybridized carbons (Fsp3) is 0.533. The molecule has 27 heavy (non-hydrogen) atoms. The molecule has 1 aromatic carbocycles. The summed E-state index contributed by atoms with van der Waals surface area (Å²) in [6.07, 6.45) is -4.45. The summed E-state index contributed by atoms with van der Waals surface area (Å²) in [4.78, 5) is -0.451. The molecule has 152 valence electrons. The van der Waals surface area contributed by atoms with Gasteiger partial charge in [0.1, 0.15) is 0 Å². The third kappa shape index (κ3) is 5.61. The van der Waals surface area contributed by atoms with Crippen molar-refractivity contribution >= 4 is 34.8 Å². The Kier molecular flexibility index (Phi) is 6.85. The molecule has 0 aromatic heterocycles. The highest BCUT2D eigenvalue weighted by Gasteiger charge is 2.73. The maximum absolute atomic E-state index is 13.4. The molecule has 1 aliphatic rings. The van der Waals surface area contributed by atoms with Crippen molar-refractivity contribution < 1.29 is 35.5 Å². The number of halogens is 7. The van der Waals surface area contributed by atoms with Crippen molar-refractivity contribution in [1.29, 1.82) is 0 Å². The summed E-state index contributed by atoms with van der Waals surface area (Å²) < 4.78 is 94.4. The first kappa shape index (κ1) is 22.0. The van der Waals surface area contributed by atoms with Crippen LogP contribution in [0.25, 0.3) is 0 Å². The minimum atomic E-state index is -6.36. The molecule has 1 aliphatic heterocycles. The Morgan fingerprint density at radius 2 is 1.74 bits per heavy atom. The van der Waals surface area contributed by atoms with Crippen LogP contribution in [-0.4, -0.2) is 41.7 Å². The van der Waals surface area contributed by atoms with Gasteiger partial charge in [0.15, 0.2) is 5.11 Å². The number of ether oxygens (including phenoxy) is 1. The topological polar surface area (TPSA) is 33.3 Å². The van der Waals surface area contributed by atoms with Gasteiger partial charge in [-0.2, -0.15) is 30.7 Å². The monoisotopic (exact) mass is 436 g/mol. The van der Waals surface area contributed by atoms with Crippen LogP contribution < -0.4 is 10.6 Å². The summed E-state index contributed by atoms with van der Waals surface area (Å²) in [6.45, 7) is 1.17. The predicted molar refractivity (Wildman–Crippen MR) is 91.4 cm³/mol. The molecule has 1 saturated heterocycles. The van der Waals surface area contributed by atoms with E-state index in [1.807, 2.05) is 0 Å². The van der Waals surface area contributed by atoms with Crippen molar-refractivity contribution in [2.75, 3.05) is 18.5 Å². The molecule has 1 atom stereocenters. The Hall–Kier alpha value is -1.27. The Balaban J connectivity index is 1.91. The summed E-state index contributed by atoms with van der Waals surface area (Å²) in [5, 5.41) is 0.546. The van der Waals surface area contributed by atoms with E-state index in [1.54, 1.807) is 0 Å². The van der Waals surface area contributed by atoms with E-state index in [-0.39, 0.29) is 11.2 Å². The lowest BCUT2D eigenvalue weighted by Crippen LogP contribution is -2.49. The van der Waals surface area contributed by atoms with Gasteiger partial charge in [0, 0.05) is 23.7 Å². The van der Waals surface area contributed by atoms with Crippen LogP contribution in [0.5, 0.6) is 0 Å². The molecular weight excluding hydrogens is 421 g/mol. The van der Waals surface area contributed by atoms with Gasteiger partial charge >= 0.3 is 17.4 Å². The fourth-order valence-electron chi connectivity index (χ4n) is 2.17. The largest absolute Gasteiger partial charge is 0.460 e. The van der Waals surface area contributed by atoms with Crippen molar-refractivity contribution in [2.45, 2.75) is 41.2 Å². The zero-order chi connectivity index (χ0) is 20.3. The number of thiocarbonyl (C=S) groups is 1. The number of hydrogen-bond donors (Lipinski definition) is 2. The molecule has 1 fully saturated rings. The highest BCUT2D eigenvalue weighted by Crippen LogP contribution is 2.53. The Bertz CT molecular complexity index is 647. The zero-order valence-corrected chi connectivity index (χ0v) is 15.2. The van der Waals surface area contributed by atoms with E-state index in [4.69, 9.17) is 17.0 Å². The van der Waals surface area contributed by atoms with Crippen LogP contribution in [0.4, 0.5) is 36.4 Å². The minimum Gasteiger partial charge on any atom is -0.376 e. The second-order valence-electron chi connectivity index (χ2n) is 5.69. The Morgan fingerprint density at radius 3 is 2.26 bits per heavy atom. The predicted octanol–water partition coefficient (Wildman–Crippen LogP) is 5.03. The van der Waals surface area contributed by atoms with Gasteiger partial charge in [-0.3, -0.25) is 0 Å². The van der Waals surface area contributed by atoms with Gasteiger partial charge in [0.2, 0.25) is 0 Å². The quantitative estimate of drug-likeness (QED) is 0.371. The van der Waals surface area contributed by atoms with Crippen molar-refractivity contribution in [3.05, 3.63) is 24.3 Å². The summed E-state index contributed by atoms with van der Waals surface area (Å²) in [7, 11) is 0. The molecule has 1 aromatic rings. The maximum Gasteiger partial charge on any atom is 0.460 e. The van der Waals surface area contributed by atoms with Crippen LogP contribution in [0.1, 0.15) is 12.8 Å². The summed E-state index contributed by atoms with van der Waals surface area (Å²) in [6, 6.07) is 4.47. The second kappa shape index (κ2) is 8.39. The normalized spacial score (nSPS) is 18.4. The van der Waals surface area contributed by atoms with Gasteiger partial charge in [-0.15, -0.1) is 0 Å². The number of anilines is 1. The third-order valence-electron chi connectivity index (χ3n) is 3.59. The minimum absolute atomic E-state index is 0.0426. The lowest BCUT2D eigenvalue weighted by atomic mass is 10.2. The van der Waals surface area contributed by atoms with Crippen molar-refractivity contribution in [2.24, 2.45) is 0 Å². The van der Waals surface area contributed by atoms with E-state index in [9.17, 15) is 30.7 Å². The first-order valence-corrected chi connectivity index (χ1v) is 8.93. The van der Waals surface area contributed by atoms with Crippen molar-refractivity contribution in [3.63, 3.8) is 0 Å². The first-order chi connectivity index (χ1) is 12.4. The van der Waals surface area contributed by atoms with Crippen LogP contribution >= 0.6 is 24.0 Å². The number of nitrogens with one attached hydrogen (secondary N) is 2. The average Bonchev–Trinajstić information content (AvgIpc) is 3.07. The van der Waals surface area contributed by atoms with Gasteiger partial charge in [0.05, 0.1) is 6.10 Å². The van der Waals surface area contributed by atoms with Crippen LogP contribution in [0, 0.1) is 0 Å². The molecule has 2 N–H and O–H groups in total. The molecule has 1 heterocycles. The molecule has 0 amide bonds. The van der Waals surface area contributed by atoms with Crippen molar-refractivity contribution in [3.8, 4) is 0 Å². The highest BCUT2D eigenvalue weighted by molar-refractivity contribution is 8.00. The number of hydrogen-bond acceptors (Lipinski definition) is 3. The lowest BCUT2D eigenvalue weighted by Gasteiger charge is -2.27. The maximum atomic E-state index is 13.4. The smallest absolute Gasteiger partial charge is 0.376 e. The van der Waals surface area contributed by atoms with Crippen LogP contribution in [0.15, 0.2) is 29.2 Å². The molecule has 12 heteroatoms. The first-order valence-electron chi connectivity index (χ1n) is 7.70. The van der Waals surface area contributed by atoms with Gasteiger partial charge in [0.25, 0.3) is 0 Å². The molecule has 3 nitrogen and oxygen atoms in total. The molecular formula is C15H15F7N2OS2. The summed E-state index contributed by atoms with van der Waals surface area (Å²) in [5.41, 5.74) is 0.357. The molecule has 0 saturated carbocycles. The summed E-state index contributed by atoms with van der Waals surface area (Å²) >= 11 is 4.19. The number of thioether (sulfide) groups is 1. The van der Waals surface area contributed by atoms with Crippen LogP contribution in [0.2, 0.25) is 0 Å². The van der Waals surface area contributed by atoms with Gasteiger partial charge in [-0.05, 0) is 61.1 Å². The van der Waals surface area contributed by atoms with Gasteiger partial charge in [-0.1, -0.05) is 0 Å². The van der Waals surface area contributed by atoms with Gasteiger partial charge < -0.3 is 15.4 Å². The van der Waals surface area contributed by atoms with E-state index in [0.29, 0.717) is 18.8 Å². The Morgan fingerprint density at radius 1 is 1.11 bits per heavy atom. The molecule has 0 unspecified atom stereocenters. The molecule has 0 radical (unpaired) electrons. The summed E-state index contributed by atoms with van der Waals surface area (Å²) in [5.74, 6) is -6.16. The van der Waals surface area contributed by atoms with E-state index in [2.05, 4.69) is 10.6 Å². The van der Waals surface area contributed by atoms with Crippen LogP contribution in [0.3, 0.4) is 0 Å². The zero-order valence-electron chi connectivity index (χ0n) is 13.6. The number of alkyl halides is 7. The lowest BCUT2D eigenvalue weighted by molar-refractivity contribution is -0.330. The molecule has 0 aliphatic carbocycles. The van der Waals surface area contributed by atoms with Crippen LogP contribution in [-0.2, 0) is 4.74 Å². The SMILES string of the molecule is FC(F)(F)C(F)(F)C(F)(F)Sc1ccc(NC(=S)NC[C@H]2CCCO2)cc1. The fourth-order valence-corrected chi connectivity index (χ4v) is 3.18.